The molecule has 1 aliphatic heterocycles. The minimum absolute atomic E-state index is 0.323. The van der Waals surface area contributed by atoms with Crippen molar-refractivity contribution in [3.63, 3.8) is 0 Å². The van der Waals surface area contributed by atoms with Gasteiger partial charge >= 0.3 is 0 Å². The van der Waals surface area contributed by atoms with Crippen molar-refractivity contribution in [1.29, 1.82) is 0 Å². The summed E-state index contributed by atoms with van der Waals surface area (Å²) < 4.78 is 33.8. The SMILES string of the molecule is Cc1ccc(Oc2cc(N3CCN(C(=O)c4c(F)cccc4F)CC3)nc(C)n2)cc1. The number of aryl methyl sites for hydroxylation is 2. The van der Waals surface area contributed by atoms with Gasteiger partial charge < -0.3 is 14.5 Å². The highest BCUT2D eigenvalue weighted by molar-refractivity contribution is 5.95. The number of hydrogen-bond donors (Lipinski definition) is 0. The van der Waals surface area contributed by atoms with Gasteiger partial charge in [-0.25, -0.2) is 13.8 Å². The van der Waals surface area contributed by atoms with Crippen molar-refractivity contribution in [3.05, 3.63) is 77.1 Å². The van der Waals surface area contributed by atoms with Gasteiger partial charge in [-0.2, -0.15) is 4.98 Å². The van der Waals surface area contributed by atoms with Crippen molar-refractivity contribution in [1.82, 2.24) is 14.9 Å². The lowest BCUT2D eigenvalue weighted by atomic mass is 10.1. The van der Waals surface area contributed by atoms with E-state index in [1.54, 1.807) is 13.0 Å². The molecule has 1 amide bonds. The zero-order valence-electron chi connectivity index (χ0n) is 17.3. The van der Waals surface area contributed by atoms with Crippen LogP contribution in [0.2, 0.25) is 0 Å². The Morgan fingerprint density at radius 3 is 2.23 bits per heavy atom. The molecule has 0 N–H and O–H groups in total. The van der Waals surface area contributed by atoms with Gasteiger partial charge in [0.05, 0.1) is 0 Å². The minimum atomic E-state index is -0.850. The Labute approximate surface area is 179 Å². The molecule has 0 spiro atoms. The lowest BCUT2D eigenvalue weighted by molar-refractivity contribution is 0.0736. The van der Waals surface area contributed by atoms with Gasteiger partial charge in [-0.1, -0.05) is 23.8 Å². The average Bonchev–Trinajstić information content (AvgIpc) is 2.75. The molecule has 2 heterocycles. The van der Waals surface area contributed by atoms with Crippen LogP contribution in [0.5, 0.6) is 11.6 Å². The highest BCUT2D eigenvalue weighted by Gasteiger charge is 2.27. The summed E-state index contributed by atoms with van der Waals surface area (Å²) >= 11 is 0. The Morgan fingerprint density at radius 2 is 1.58 bits per heavy atom. The summed E-state index contributed by atoms with van der Waals surface area (Å²) in [6.45, 7) is 5.38. The number of anilines is 1. The topological polar surface area (TPSA) is 58.6 Å². The van der Waals surface area contributed by atoms with Crippen LogP contribution in [-0.4, -0.2) is 47.0 Å². The second-order valence-electron chi connectivity index (χ2n) is 7.40. The van der Waals surface area contributed by atoms with E-state index in [1.165, 1.54) is 11.0 Å². The number of ether oxygens (including phenoxy) is 1. The lowest BCUT2D eigenvalue weighted by Gasteiger charge is -2.35. The van der Waals surface area contributed by atoms with E-state index in [9.17, 15) is 13.6 Å². The monoisotopic (exact) mass is 424 g/mol. The third-order valence-electron chi connectivity index (χ3n) is 5.11. The molecule has 1 fully saturated rings. The van der Waals surface area contributed by atoms with Crippen LogP contribution in [0.15, 0.2) is 48.5 Å². The number of rotatable bonds is 4. The fourth-order valence-electron chi connectivity index (χ4n) is 3.47. The van der Waals surface area contributed by atoms with Gasteiger partial charge in [0.1, 0.15) is 34.6 Å². The second-order valence-corrected chi connectivity index (χ2v) is 7.40. The number of amides is 1. The molecule has 1 saturated heterocycles. The van der Waals surface area contributed by atoms with E-state index < -0.39 is 23.1 Å². The van der Waals surface area contributed by atoms with Crippen molar-refractivity contribution in [3.8, 4) is 11.6 Å². The first-order valence-electron chi connectivity index (χ1n) is 9.99. The fraction of sp³-hybridized carbons (Fsp3) is 0.261. The molecular formula is C23H22F2N4O2. The Hall–Kier alpha value is -3.55. The molecule has 31 heavy (non-hydrogen) atoms. The summed E-state index contributed by atoms with van der Waals surface area (Å²) in [5.74, 6) is 0.00612. The van der Waals surface area contributed by atoms with Gasteiger partial charge in [-0.3, -0.25) is 4.79 Å². The van der Waals surface area contributed by atoms with E-state index in [0.717, 1.165) is 17.7 Å². The maximum atomic E-state index is 14.0. The number of piperazine rings is 1. The van der Waals surface area contributed by atoms with Crippen LogP contribution in [0.1, 0.15) is 21.7 Å². The van der Waals surface area contributed by atoms with Crippen LogP contribution in [-0.2, 0) is 0 Å². The van der Waals surface area contributed by atoms with Crippen LogP contribution in [0.3, 0.4) is 0 Å². The van der Waals surface area contributed by atoms with Crippen LogP contribution in [0.4, 0.5) is 14.6 Å². The largest absolute Gasteiger partial charge is 0.439 e. The fourth-order valence-corrected chi connectivity index (χ4v) is 3.47. The molecule has 0 atom stereocenters. The standard InChI is InChI=1S/C23H22F2N4O2/c1-15-6-8-17(9-7-15)31-21-14-20(26-16(2)27-21)28-10-12-29(13-11-28)23(30)22-18(24)4-3-5-19(22)25/h3-9,14H,10-13H2,1-2H3. The maximum absolute atomic E-state index is 14.0. The number of aromatic nitrogens is 2. The molecule has 8 heteroatoms. The van der Waals surface area contributed by atoms with Crippen LogP contribution in [0, 0.1) is 25.5 Å². The van der Waals surface area contributed by atoms with Gasteiger partial charge in [0.15, 0.2) is 0 Å². The number of hydrogen-bond acceptors (Lipinski definition) is 5. The van der Waals surface area contributed by atoms with Crippen molar-refractivity contribution in [2.24, 2.45) is 0 Å². The predicted molar refractivity (Wildman–Crippen MR) is 112 cm³/mol. The molecule has 0 saturated carbocycles. The normalized spacial score (nSPS) is 13.9. The molecule has 0 radical (unpaired) electrons. The maximum Gasteiger partial charge on any atom is 0.259 e. The first-order chi connectivity index (χ1) is 14.9. The van der Waals surface area contributed by atoms with Crippen molar-refractivity contribution in [2.75, 3.05) is 31.1 Å². The molecule has 0 unspecified atom stereocenters. The summed E-state index contributed by atoms with van der Waals surface area (Å²) in [7, 11) is 0. The molecule has 160 valence electrons. The molecule has 2 aromatic carbocycles. The van der Waals surface area contributed by atoms with E-state index in [-0.39, 0.29) is 0 Å². The highest BCUT2D eigenvalue weighted by atomic mass is 19.1. The van der Waals surface area contributed by atoms with Gasteiger partial charge in [0.25, 0.3) is 5.91 Å². The first-order valence-corrected chi connectivity index (χ1v) is 9.99. The number of nitrogens with zero attached hydrogens (tertiary/aromatic N) is 4. The molecule has 4 rings (SSSR count). The molecule has 1 aliphatic rings. The van der Waals surface area contributed by atoms with Gasteiger partial charge in [0.2, 0.25) is 5.88 Å². The quantitative estimate of drug-likeness (QED) is 0.631. The summed E-state index contributed by atoms with van der Waals surface area (Å²) in [5, 5.41) is 0. The molecular weight excluding hydrogens is 402 g/mol. The zero-order valence-corrected chi connectivity index (χ0v) is 17.3. The molecule has 1 aromatic heterocycles. The lowest BCUT2D eigenvalue weighted by Crippen LogP contribution is -2.49. The summed E-state index contributed by atoms with van der Waals surface area (Å²) in [4.78, 5) is 24.9. The number of halogens is 2. The Bertz CT molecular complexity index is 1080. The van der Waals surface area contributed by atoms with Gasteiger partial charge in [-0.05, 0) is 38.1 Å². The summed E-state index contributed by atoms with van der Waals surface area (Å²) in [6.07, 6.45) is 0. The third kappa shape index (κ3) is 4.63. The number of carbonyl (C=O) groups is 1. The van der Waals surface area contributed by atoms with E-state index in [2.05, 4.69) is 9.97 Å². The van der Waals surface area contributed by atoms with Gasteiger partial charge in [0, 0.05) is 32.2 Å². The summed E-state index contributed by atoms with van der Waals surface area (Å²) in [6, 6.07) is 12.8. The Morgan fingerprint density at radius 1 is 0.935 bits per heavy atom. The molecule has 0 bridgehead atoms. The first kappa shape index (κ1) is 20.7. The second kappa shape index (κ2) is 8.67. The van der Waals surface area contributed by atoms with Crippen molar-refractivity contribution in [2.45, 2.75) is 13.8 Å². The number of benzene rings is 2. The predicted octanol–water partition coefficient (Wildman–Crippen LogP) is 4.13. The van der Waals surface area contributed by atoms with Gasteiger partial charge in [-0.15, -0.1) is 0 Å². The van der Waals surface area contributed by atoms with Crippen molar-refractivity contribution < 1.29 is 18.3 Å². The van der Waals surface area contributed by atoms with Crippen molar-refractivity contribution >= 4 is 11.7 Å². The van der Waals surface area contributed by atoms with E-state index in [1.807, 2.05) is 36.1 Å². The van der Waals surface area contributed by atoms with E-state index >= 15 is 0 Å². The average molecular weight is 424 g/mol. The van der Waals surface area contributed by atoms with E-state index in [0.29, 0.717) is 49.5 Å². The number of carbonyl (C=O) groups excluding carboxylic acids is 1. The third-order valence-corrected chi connectivity index (χ3v) is 5.11. The van der Waals surface area contributed by atoms with Crippen LogP contribution >= 0.6 is 0 Å². The molecule has 6 nitrogen and oxygen atoms in total. The van der Waals surface area contributed by atoms with E-state index in [4.69, 9.17) is 4.74 Å². The molecule has 0 aliphatic carbocycles. The van der Waals surface area contributed by atoms with Crippen LogP contribution in [0.25, 0.3) is 0 Å². The Balaban J connectivity index is 1.45. The Kier molecular flexibility index (Phi) is 5.79. The zero-order chi connectivity index (χ0) is 22.0. The smallest absolute Gasteiger partial charge is 0.259 e. The van der Waals surface area contributed by atoms with Crippen LogP contribution < -0.4 is 9.64 Å². The molecule has 3 aromatic rings. The highest BCUT2D eigenvalue weighted by Crippen LogP contribution is 2.25. The minimum Gasteiger partial charge on any atom is -0.439 e. The summed E-state index contributed by atoms with van der Waals surface area (Å²) in [5.41, 5.74) is 0.622.